The van der Waals surface area contributed by atoms with Crippen LogP contribution >= 0.6 is 11.3 Å². The molecule has 1 aromatic carbocycles. The number of thiophene rings is 1. The van der Waals surface area contributed by atoms with Crippen molar-refractivity contribution in [3.8, 4) is 5.75 Å². The highest BCUT2D eigenvalue weighted by atomic mass is 32.1. The van der Waals surface area contributed by atoms with E-state index in [1.165, 1.54) is 10.4 Å². The highest BCUT2D eigenvalue weighted by Gasteiger charge is 2.20. The van der Waals surface area contributed by atoms with Gasteiger partial charge < -0.3 is 19.8 Å². The van der Waals surface area contributed by atoms with Crippen LogP contribution in [-0.4, -0.2) is 53.8 Å². The first-order valence-corrected chi connectivity index (χ1v) is 10.1. The summed E-state index contributed by atoms with van der Waals surface area (Å²) in [5.74, 6) is -1.12. The SMILES string of the molecule is COc1ccccc1C(CCN(C)C(C)C)c1cccs1.O=C(O)/C=C/C(=O)O. The van der Waals surface area contributed by atoms with Gasteiger partial charge in [-0.05, 0) is 51.4 Å². The van der Waals surface area contributed by atoms with Crippen molar-refractivity contribution >= 4 is 23.3 Å². The Balaban J connectivity index is 0.000000447. The van der Waals surface area contributed by atoms with Crippen molar-refractivity contribution in [1.82, 2.24) is 4.90 Å². The molecule has 2 rings (SSSR count). The standard InChI is InChI=1S/C18H25NOS.C4H4O4/c1-14(2)19(3)12-11-16(18-10-7-13-21-18)15-8-5-6-9-17(15)20-4;5-3(6)1-2-4(7)8/h5-10,13-14,16H,11-12H2,1-4H3;1-2H,(H,5,6)(H,7,8)/b;2-1+. The van der Waals surface area contributed by atoms with Gasteiger partial charge in [-0.2, -0.15) is 0 Å². The van der Waals surface area contributed by atoms with Crippen LogP contribution in [0.15, 0.2) is 53.9 Å². The van der Waals surface area contributed by atoms with E-state index in [0.717, 1.165) is 18.7 Å². The van der Waals surface area contributed by atoms with Crippen LogP contribution in [0.4, 0.5) is 0 Å². The van der Waals surface area contributed by atoms with Crippen LogP contribution in [0.2, 0.25) is 0 Å². The summed E-state index contributed by atoms with van der Waals surface area (Å²) in [6.45, 7) is 5.56. The molecule has 1 aromatic heterocycles. The van der Waals surface area contributed by atoms with Crippen molar-refractivity contribution in [2.75, 3.05) is 20.7 Å². The van der Waals surface area contributed by atoms with Crippen molar-refractivity contribution in [3.63, 3.8) is 0 Å². The van der Waals surface area contributed by atoms with E-state index in [9.17, 15) is 9.59 Å². The summed E-state index contributed by atoms with van der Waals surface area (Å²) in [6, 6.07) is 13.3. The normalized spacial score (nSPS) is 11.9. The van der Waals surface area contributed by atoms with Crippen molar-refractivity contribution in [1.29, 1.82) is 0 Å². The van der Waals surface area contributed by atoms with E-state index in [0.29, 0.717) is 24.1 Å². The minimum Gasteiger partial charge on any atom is -0.496 e. The maximum Gasteiger partial charge on any atom is 0.328 e. The van der Waals surface area contributed by atoms with Gasteiger partial charge in [-0.25, -0.2) is 9.59 Å². The zero-order valence-corrected chi connectivity index (χ0v) is 18.1. The number of nitrogens with zero attached hydrogens (tertiary/aromatic N) is 1. The summed E-state index contributed by atoms with van der Waals surface area (Å²) < 4.78 is 5.57. The molecule has 0 amide bonds. The number of benzene rings is 1. The Morgan fingerprint density at radius 3 is 2.21 bits per heavy atom. The Labute approximate surface area is 176 Å². The predicted molar refractivity (Wildman–Crippen MR) is 116 cm³/mol. The summed E-state index contributed by atoms with van der Waals surface area (Å²) in [5, 5.41) is 17.8. The highest BCUT2D eigenvalue weighted by molar-refractivity contribution is 7.10. The third kappa shape index (κ3) is 8.93. The number of aliphatic carboxylic acids is 2. The van der Waals surface area contributed by atoms with Crippen LogP contribution in [0.3, 0.4) is 0 Å². The molecular formula is C22H29NO5S. The molecule has 1 unspecified atom stereocenters. The zero-order valence-electron chi connectivity index (χ0n) is 17.2. The van der Waals surface area contributed by atoms with Gasteiger partial charge in [0.15, 0.2) is 0 Å². The van der Waals surface area contributed by atoms with E-state index < -0.39 is 11.9 Å². The van der Waals surface area contributed by atoms with Gasteiger partial charge in [0, 0.05) is 34.6 Å². The lowest BCUT2D eigenvalue weighted by molar-refractivity contribution is -0.134. The minimum absolute atomic E-state index is 0.405. The van der Waals surface area contributed by atoms with Crippen LogP contribution in [0.5, 0.6) is 5.75 Å². The van der Waals surface area contributed by atoms with E-state index in [-0.39, 0.29) is 0 Å². The lowest BCUT2D eigenvalue weighted by Crippen LogP contribution is -2.28. The van der Waals surface area contributed by atoms with E-state index in [2.05, 4.69) is 61.5 Å². The average molecular weight is 420 g/mol. The number of carbonyl (C=O) groups is 2. The number of carboxylic acid groups (broad SMARTS) is 2. The monoisotopic (exact) mass is 419 g/mol. The second-order valence-electron chi connectivity index (χ2n) is 6.68. The van der Waals surface area contributed by atoms with E-state index in [1.54, 1.807) is 7.11 Å². The third-order valence-corrected chi connectivity index (χ3v) is 5.41. The number of para-hydroxylation sites is 1. The van der Waals surface area contributed by atoms with Crippen LogP contribution in [0, 0.1) is 0 Å². The molecule has 2 N–H and O–H groups in total. The number of carboxylic acids is 2. The molecule has 2 aromatic rings. The minimum atomic E-state index is -1.26. The van der Waals surface area contributed by atoms with Gasteiger partial charge in [0.2, 0.25) is 0 Å². The van der Waals surface area contributed by atoms with Gasteiger partial charge in [-0.3, -0.25) is 0 Å². The molecule has 0 saturated carbocycles. The molecule has 6 nitrogen and oxygen atoms in total. The molecule has 29 heavy (non-hydrogen) atoms. The second-order valence-corrected chi connectivity index (χ2v) is 7.66. The smallest absolute Gasteiger partial charge is 0.328 e. The summed E-state index contributed by atoms with van der Waals surface area (Å²) in [5.41, 5.74) is 1.29. The first kappa shape index (κ1) is 24.4. The van der Waals surface area contributed by atoms with E-state index in [4.69, 9.17) is 14.9 Å². The number of rotatable bonds is 9. The molecule has 0 bridgehead atoms. The zero-order chi connectivity index (χ0) is 21.8. The summed E-state index contributed by atoms with van der Waals surface area (Å²) >= 11 is 1.83. The number of ether oxygens (including phenoxy) is 1. The molecule has 7 heteroatoms. The van der Waals surface area contributed by atoms with Gasteiger partial charge in [-0.1, -0.05) is 24.3 Å². The second kappa shape index (κ2) is 12.7. The molecule has 0 saturated heterocycles. The van der Waals surface area contributed by atoms with Gasteiger partial charge in [0.1, 0.15) is 5.75 Å². The molecule has 0 aliphatic rings. The molecule has 0 aliphatic carbocycles. The van der Waals surface area contributed by atoms with Gasteiger partial charge in [0.05, 0.1) is 7.11 Å². The molecule has 1 atom stereocenters. The van der Waals surface area contributed by atoms with Gasteiger partial charge in [0.25, 0.3) is 0 Å². The Morgan fingerprint density at radius 1 is 1.10 bits per heavy atom. The molecule has 0 radical (unpaired) electrons. The summed E-state index contributed by atoms with van der Waals surface area (Å²) in [7, 11) is 3.95. The maximum atomic E-state index is 9.55. The van der Waals surface area contributed by atoms with Crippen molar-refractivity contribution in [2.45, 2.75) is 32.2 Å². The molecular weight excluding hydrogens is 390 g/mol. The Bertz CT molecular complexity index is 770. The molecule has 158 valence electrons. The lowest BCUT2D eigenvalue weighted by Gasteiger charge is -2.25. The van der Waals surface area contributed by atoms with Crippen molar-refractivity contribution < 1.29 is 24.5 Å². The Hall–Kier alpha value is -2.64. The van der Waals surface area contributed by atoms with Crippen LogP contribution in [0.25, 0.3) is 0 Å². The Kier molecular flexibility index (Phi) is 10.7. The average Bonchev–Trinajstić information content (AvgIpc) is 3.21. The maximum absolute atomic E-state index is 9.55. The summed E-state index contributed by atoms with van der Waals surface area (Å²) in [6.07, 6.45) is 2.22. The first-order valence-electron chi connectivity index (χ1n) is 9.26. The van der Waals surface area contributed by atoms with Gasteiger partial charge in [-0.15, -0.1) is 11.3 Å². The third-order valence-electron chi connectivity index (χ3n) is 4.42. The van der Waals surface area contributed by atoms with Gasteiger partial charge >= 0.3 is 11.9 Å². The topological polar surface area (TPSA) is 87.1 Å². The molecule has 0 aliphatic heterocycles. The van der Waals surface area contributed by atoms with Crippen LogP contribution in [-0.2, 0) is 9.59 Å². The van der Waals surface area contributed by atoms with E-state index >= 15 is 0 Å². The molecule has 0 fully saturated rings. The van der Waals surface area contributed by atoms with Crippen LogP contribution < -0.4 is 4.74 Å². The first-order chi connectivity index (χ1) is 13.8. The van der Waals surface area contributed by atoms with Crippen molar-refractivity contribution in [3.05, 3.63) is 64.4 Å². The lowest BCUT2D eigenvalue weighted by atomic mass is 9.93. The number of methoxy groups -OCH3 is 1. The van der Waals surface area contributed by atoms with E-state index in [1.807, 2.05) is 17.4 Å². The fourth-order valence-electron chi connectivity index (χ4n) is 2.63. The largest absolute Gasteiger partial charge is 0.496 e. The predicted octanol–water partition coefficient (Wildman–Crippen LogP) is 4.33. The fourth-order valence-corrected chi connectivity index (χ4v) is 3.51. The number of hydrogen-bond donors (Lipinski definition) is 2. The summed E-state index contributed by atoms with van der Waals surface area (Å²) in [4.78, 5) is 22.9. The molecule has 0 spiro atoms. The van der Waals surface area contributed by atoms with Crippen LogP contribution in [0.1, 0.15) is 36.6 Å². The fraction of sp³-hybridized carbons (Fsp3) is 0.364. The highest BCUT2D eigenvalue weighted by Crippen LogP contribution is 2.36. The quantitative estimate of drug-likeness (QED) is 0.588. The number of hydrogen-bond acceptors (Lipinski definition) is 5. The molecule has 1 heterocycles. The van der Waals surface area contributed by atoms with Crippen molar-refractivity contribution in [2.24, 2.45) is 0 Å². The Morgan fingerprint density at radius 2 is 1.72 bits per heavy atom.